The fourth-order valence-corrected chi connectivity index (χ4v) is 2.84. The molecule has 2 rings (SSSR count). The molecule has 1 aromatic rings. The largest absolute Gasteiger partial charge is 0.466 e. The molecule has 0 aromatic heterocycles. The molecule has 0 spiro atoms. The fraction of sp³-hybridized carbons (Fsp3) is 0.333. The first kappa shape index (κ1) is 20.3. The van der Waals surface area contributed by atoms with Gasteiger partial charge in [-0.1, -0.05) is 23.2 Å². The third kappa shape index (κ3) is 3.89. The Balaban J connectivity index is 2.71. The maximum atomic E-state index is 13.2. The molecule has 0 radical (unpaired) electrons. The highest BCUT2D eigenvalue weighted by atomic mass is 35.5. The van der Waals surface area contributed by atoms with Crippen LogP contribution in [-0.4, -0.2) is 39.5 Å². The van der Waals surface area contributed by atoms with Gasteiger partial charge in [-0.05, 0) is 12.1 Å². The van der Waals surface area contributed by atoms with Gasteiger partial charge in [0.1, 0.15) is 12.4 Å². The fourth-order valence-electron chi connectivity index (χ4n) is 2.31. The van der Waals surface area contributed by atoms with Crippen LogP contribution in [0.15, 0.2) is 23.4 Å². The lowest BCUT2D eigenvalue weighted by Gasteiger charge is -2.32. The molecule has 1 aliphatic rings. The van der Waals surface area contributed by atoms with E-state index in [4.69, 9.17) is 27.9 Å². The van der Waals surface area contributed by atoms with Gasteiger partial charge in [0.2, 0.25) is 0 Å². The van der Waals surface area contributed by atoms with Crippen LogP contribution < -0.4 is 4.90 Å². The van der Waals surface area contributed by atoms with Crippen molar-refractivity contribution in [1.29, 1.82) is 0 Å². The monoisotopic (exact) mass is 413 g/mol. The number of hydrogen-bond acceptors (Lipinski definition) is 6. The quantitative estimate of drug-likeness (QED) is 0.707. The average molecular weight is 414 g/mol. The van der Waals surface area contributed by atoms with Crippen molar-refractivity contribution in [2.45, 2.75) is 6.18 Å². The Labute approximate surface area is 156 Å². The summed E-state index contributed by atoms with van der Waals surface area (Å²) in [6, 6.07) is 1.77. The molecule has 26 heavy (non-hydrogen) atoms. The van der Waals surface area contributed by atoms with Crippen molar-refractivity contribution in [1.82, 2.24) is 0 Å². The molecule has 0 saturated carbocycles. The standard InChI is InChI=1S/C15H12Cl2F3NO5/c1-24-13(22)8-5-26-6-21(12(8)14(23)25-2)10-4-7(16)3-9(11(10)17)15(18,19)20/h3-4H,5-6H2,1-2H3. The molecule has 142 valence electrons. The van der Waals surface area contributed by atoms with Crippen molar-refractivity contribution >= 4 is 40.8 Å². The Bertz CT molecular complexity index is 779. The summed E-state index contributed by atoms with van der Waals surface area (Å²) in [5.41, 5.74) is -2.04. The van der Waals surface area contributed by atoms with Gasteiger partial charge in [0.25, 0.3) is 0 Å². The Morgan fingerprint density at radius 2 is 1.77 bits per heavy atom. The Hall–Kier alpha value is -1.97. The van der Waals surface area contributed by atoms with Crippen molar-refractivity contribution in [2.75, 3.05) is 32.5 Å². The first-order chi connectivity index (χ1) is 12.1. The zero-order valence-corrected chi connectivity index (χ0v) is 15.0. The molecular weight excluding hydrogens is 402 g/mol. The number of carbonyl (C=O) groups is 2. The van der Waals surface area contributed by atoms with Gasteiger partial charge in [-0.2, -0.15) is 13.2 Å². The Morgan fingerprint density at radius 1 is 1.15 bits per heavy atom. The number of esters is 2. The number of alkyl halides is 3. The minimum Gasteiger partial charge on any atom is -0.466 e. The summed E-state index contributed by atoms with van der Waals surface area (Å²) < 4.78 is 54.0. The summed E-state index contributed by atoms with van der Waals surface area (Å²) >= 11 is 11.7. The second kappa shape index (κ2) is 7.73. The van der Waals surface area contributed by atoms with E-state index in [1.165, 1.54) is 0 Å². The number of methoxy groups -OCH3 is 2. The number of rotatable bonds is 3. The van der Waals surface area contributed by atoms with E-state index in [9.17, 15) is 22.8 Å². The lowest BCUT2D eigenvalue weighted by Crippen LogP contribution is -2.39. The minimum absolute atomic E-state index is 0.227. The van der Waals surface area contributed by atoms with Crippen LogP contribution in [0.1, 0.15) is 5.56 Å². The molecule has 1 aromatic carbocycles. The van der Waals surface area contributed by atoms with E-state index in [-0.39, 0.29) is 35.3 Å². The number of halogens is 5. The van der Waals surface area contributed by atoms with E-state index in [1.54, 1.807) is 0 Å². The van der Waals surface area contributed by atoms with E-state index in [1.807, 2.05) is 0 Å². The molecule has 0 amide bonds. The van der Waals surface area contributed by atoms with Crippen LogP contribution in [0.25, 0.3) is 0 Å². The summed E-state index contributed by atoms with van der Waals surface area (Å²) in [5.74, 6) is -1.87. The van der Waals surface area contributed by atoms with E-state index in [0.717, 1.165) is 25.2 Å². The lowest BCUT2D eigenvalue weighted by molar-refractivity contribution is -0.140. The first-order valence-corrected chi connectivity index (χ1v) is 7.68. The van der Waals surface area contributed by atoms with Crippen LogP contribution in [-0.2, 0) is 30.0 Å². The number of carbonyl (C=O) groups excluding carboxylic acids is 2. The SMILES string of the molecule is COC(=O)C1=C(C(=O)OC)N(c2cc(Cl)cc(C(F)(F)F)c2Cl)COC1. The van der Waals surface area contributed by atoms with Gasteiger partial charge in [-0.25, -0.2) is 9.59 Å². The summed E-state index contributed by atoms with van der Waals surface area (Å²) in [6.07, 6.45) is -4.78. The third-order valence-electron chi connectivity index (χ3n) is 3.45. The van der Waals surface area contributed by atoms with Gasteiger partial charge in [0.05, 0.1) is 42.7 Å². The van der Waals surface area contributed by atoms with E-state index in [2.05, 4.69) is 9.47 Å². The van der Waals surface area contributed by atoms with Crippen LogP contribution in [0.2, 0.25) is 10.0 Å². The van der Waals surface area contributed by atoms with Crippen molar-refractivity contribution in [3.63, 3.8) is 0 Å². The molecule has 0 bridgehead atoms. The maximum absolute atomic E-state index is 13.2. The summed E-state index contributed by atoms with van der Waals surface area (Å²) in [5, 5.41) is -0.982. The van der Waals surface area contributed by atoms with Gasteiger partial charge in [-0.3, -0.25) is 0 Å². The van der Waals surface area contributed by atoms with Crippen molar-refractivity contribution in [3.05, 3.63) is 39.0 Å². The topological polar surface area (TPSA) is 65.1 Å². The van der Waals surface area contributed by atoms with Crippen LogP contribution in [0, 0.1) is 0 Å². The van der Waals surface area contributed by atoms with E-state index < -0.39 is 28.7 Å². The molecule has 1 aliphatic heterocycles. The zero-order chi connectivity index (χ0) is 19.6. The number of hydrogen-bond donors (Lipinski definition) is 0. The predicted molar refractivity (Wildman–Crippen MR) is 85.8 cm³/mol. The highest BCUT2D eigenvalue weighted by molar-refractivity contribution is 6.36. The number of nitrogens with zero attached hydrogens (tertiary/aromatic N) is 1. The van der Waals surface area contributed by atoms with Crippen LogP contribution >= 0.6 is 23.2 Å². The molecule has 0 N–H and O–H groups in total. The maximum Gasteiger partial charge on any atom is 0.417 e. The number of anilines is 1. The summed E-state index contributed by atoms with van der Waals surface area (Å²) in [4.78, 5) is 25.1. The smallest absolute Gasteiger partial charge is 0.417 e. The van der Waals surface area contributed by atoms with Crippen molar-refractivity contribution < 1.29 is 37.0 Å². The molecule has 0 atom stereocenters. The van der Waals surface area contributed by atoms with Crippen LogP contribution in [0.4, 0.5) is 18.9 Å². The van der Waals surface area contributed by atoms with Crippen molar-refractivity contribution in [3.8, 4) is 0 Å². The van der Waals surface area contributed by atoms with Gasteiger partial charge in [-0.15, -0.1) is 0 Å². The number of benzene rings is 1. The normalized spacial score (nSPS) is 15.1. The van der Waals surface area contributed by atoms with Gasteiger partial charge >= 0.3 is 18.1 Å². The second-order valence-electron chi connectivity index (χ2n) is 5.00. The Kier molecular flexibility index (Phi) is 6.05. The minimum atomic E-state index is -4.78. The van der Waals surface area contributed by atoms with E-state index >= 15 is 0 Å². The zero-order valence-electron chi connectivity index (χ0n) is 13.4. The molecule has 6 nitrogen and oxygen atoms in total. The highest BCUT2D eigenvalue weighted by Crippen LogP contribution is 2.43. The molecule has 0 aliphatic carbocycles. The molecule has 0 unspecified atom stereocenters. The summed E-state index contributed by atoms with van der Waals surface area (Å²) in [7, 11) is 2.13. The molecule has 1 heterocycles. The first-order valence-electron chi connectivity index (χ1n) is 6.93. The van der Waals surface area contributed by atoms with Gasteiger partial charge in [0, 0.05) is 5.02 Å². The molecule has 11 heteroatoms. The lowest BCUT2D eigenvalue weighted by atomic mass is 10.1. The average Bonchev–Trinajstić information content (AvgIpc) is 2.60. The highest BCUT2D eigenvalue weighted by Gasteiger charge is 2.38. The van der Waals surface area contributed by atoms with Gasteiger partial charge in [0.15, 0.2) is 0 Å². The molecule has 0 fully saturated rings. The summed E-state index contributed by atoms with van der Waals surface area (Å²) in [6.45, 7) is -0.653. The third-order valence-corrected chi connectivity index (χ3v) is 4.06. The van der Waals surface area contributed by atoms with Crippen LogP contribution in [0.5, 0.6) is 0 Å². The molecule has 0 saturated heterocycles. The van der Waals surface area contributed by atoms with Crippen LogP contribution in [0.3, 0.4) is 0 Å². The predicted octanol–water partition coefficient (Wildman–Crippen LogP) is 3.41. The van der Waals surface area contributed by atoms with Gasteiger partial charge < -0.3 is 19.1 Å². The molecular formula is C15H12Cl2F3NO5. The second-order valence-corrected chi connectivity index (χ2v) is 5.81. The Morgan fingerprint density at radius 3 is 2.31 bits per heavy atom. The van der Waals surface area contributed by atoms with E-state index in [0.29, 0.717) is 6.07 Å². The number of ether oxygens (including phenoxy) is 3. The van der Waals surface area contributed by atoms with Crippen molar-refractivity contribution in [2.24, 2.45) is 0 Å².